The number of hydrogen-bond donors (Lipinski definition) is 1. The van der Waals surface area contributed by atoms with Crippen molar-refractivity contribution < 1.29 is 0 Å². The van der Waals surface area contributed by atoms with Crippen LogP contribution < -0.4 is 5.73 Å². The lowest BCUT2D eigenvalue weighted by Gasteiger charge is -2.37. The first kappa shape index (κ1) is 9.60. The van der Waals surface area contributed by atoms with E-state index in [9.17, 15) is 0 Å². The number of benzene rings is 1. The van der Waals surface area contributed by atoms with Crippen LogP contribution in [0.4, 0.5) is 0 Å². The van der Waals surface area contributed by atoms with E-state index in [0.717, 1.165) is 24.1 Å². The minimum atomic E-state index is -0.118. The lowest BCUT2D eigenvalue weighted by Crippen LogP contribution is -2.42. The molecule has 0 spiro atoms. The fourth-order valence-corrected chi connectivity index (χ4v) is 2.15. The van der Waals surface area contributed by atoms with Gasteiger partial charge in [0.25, 0.3) is 0 Å². The Morgan fingerprint density at radius 1 is 1.19 bits per heavy atom. The number of nitrogens with zero attached hydrogens (tertiary/aromatic N) is 2. The van der Waals surface area contributed by atoms with Crippen LogP contribution in [0, 0.1) is 0 Å². The van der Waals surface area contributed by atoms with Crippen LogP contribution in [-0.2, 0) is 5.54 Å². The Balaban J connectivity index is 1.94. The van der Waals surface area contributed by atoms with Crippen molar-refractivity contribution in [3.05, 3.63) is 48.3 Å². The number of nitrogens with two attached hydrogens (primary N) is 1. The summed E-state index contributed by atoms with van der Waals surface area (Å²) in [5, 5.41) is 4.37. The average Bonchev–Trinajstić information content (AvgIpc) is 2.77. The lowest BCUT2D eigenvalue weighted by atomic mass is 9.74. The highest BCUT2D eigenvalue weighted by molar-refractivity contribution is 5.32. The molecule has 16 heavy (non-hydrogen) atoms. The summed E-state index contributed by atoms with van der Waals surface area (Å²) in [6, 6.07) is 10.1. The summed E-state index contributed by atoms with van der Waals surface area (Å²) in [7, 11) is 0. The topological polar surface area (TPSA) is 43.8 Å². The second kappa shape index (κ2) is 3.46. The normalized spacial score (nSPS) is 18.1. The molecule has 1 heterocycles. The minimum absolute atomic E-state index is 0.118. The van der Waals surface area contributed by atoms with Gasteiger partial charge in [-0.3, -0.25) is 0 Å². The van der Waals surface area contributed by atoms with Crippen LogP contribution in [0.3, 0.4) is 0 Å². The van der Waals surface area contributed by atoms with E-state index in [1.165, 1.54) is 6.42 Å². The molecule has 0 amide bonds. The molecule has 82 valence electrons. The first-order valence-electron chi connectivity index (χ1n) is 5.67. The van der Waals surface area contributed by atoms with Crippen molar-refractivity contribution in [2.75, 3.05) is 0 Å². The highest BCUT2D eigenvalue weighted by Crippen LogP contribution is 2.38. The van der Waals surface area contributed by atoms with E-state index >= 15 is 0 Å². The molecule has 1 aliphatic carbocycles. The third kappa shape index (κ3) is 1.44. The minimum Gasteiger partial charge on any atom is -0.321 e. The van der Waals surface area contributed by atoms with Crippen molar-refractivity contribution in [3.63, 3.8) is 0 Å². The Morgan fingerprint density at radius 2 is 1.94 bits per heavy atom. The number of aromatic nitrogens is 2. The van der Waals surface area contributed by atoms with Crippen molar-refractivity contribution in [1.29, 1.82) is 0 Å². The van der Waals surface area contributed by atoms with Crippen molar-refractivity contribution in [2.45, 2.75) is 24.8 Å². The largest absolute Gasteiger partial charge is 0.321 e. The fourth-order valence-electron chi connectivity index (χ4n) is 2.15. The second-order valence-electron chi connectivity index (χ2n) is 4.52. The molecule has 1 saturated carbocycles. The first-order valence-corrected chi connectivity index (χ1v) is 5.67. The second-order valence-corrected chi connectivity index (χ2v) is 4.52. The maximum absolute atomic E-state index is 6.26. The van der Waals surface area contributed by atoms with E-state index in [0.29, 0.717) is 0 Å². The summed E-state index contributed by atoms with van der Waals surface area (Å²) in [6.07, 6.45) is 7.33. The van der Waals surface area contributed by atoms with Crippen molar-refractivity contribution in [3.8, 4) is 5.69 Å². The molecule has 1 aliphatic rings. The Labute approximate surface area is 94.9 Å². The molecule has 0 radical (unpaired) electrons. The Morgan fingerprint density at radius 3 is 2.56 bits per heavy atom. The Hall–Kier alpha value is -1.61. The van der Waals surface area contributed by atoms with Crippen molar-refractivity contribution in [1.82, 2.24) is 9.78 Å². The molecule has 3 nitrogen and oxygen atoms in total. The van der Waals surface area contributed by atoms with Crippen molar-refractivity contribution >= 4 is 0 Å². The zero-order valence-electron chi connectivity index (χ0n) is 9.13. The van der Waals surface area contributed by atoms with Crippen LogP contribution in [0.5, 0.6) is 0 Å². The van der Waals surface area contributed by atoms with Gasteiger partial charge >= 0.3 is 0 Å². The monoisotopic (exact) mass is 213 g/mol. The molecule has 1 aromatic heterocycles. The molecule has 2 aromatic rings. The maximum Gasteiger partial charge on any atom is 0.0645 e. The summed E-state index contributed by atoms with van der Waals surface area (Å²) in [5.74, 6) is 0. The maximum atomic E-state index is 6.26. The van der Waals surface area contributed by atoms with Gasteiger partial charge in [-0.1, -0.05) is 18.2 Å². The van der Waals surface area contributed by atoms with Gasteiger partial charge in [0, 0.05) is 17.3 Å². The van der Waals surface area contributed by atoms with E-state index in [1.807, 2.05) is 41.2 Å². The molecular formula is C13H15N3. The average molecular weight is 213 g/mol. The van der Waals surface area contributed by atoms with E-state index in [2.05, 4.69) is 11.3 Å². The van der Waals surface area contributed by atoms with Gasteiger partial charge in [-0.25, -0.2) is 4.68 Å². The van der Waals surface area contributed by atoms with Crippen LogP contribution in [0.25, 0.3) is 5.69 Å². The van der Waals surface area contributed by atoms with Gasteiger partial charge in [-0.15, -0.1) is 0 Å². The first-order chi connectivity index (χ1) is 7.78. The smallest absolute Gasteiger partial charge is 0.0645 e. The van der Waals surface area contributed by atoms with Gasteiger partial charge in [-0.05, 0) is 31.4 Å². The number of para-hydroxylation sites is 1. The predicted octanol–water partition coefficient (Wildman–Crippen LogP) is 2.21. The van der Waals surface area contributed by atoms with Gasteiger partial charge in [0.1, 0.15) is 0 Å². The standard InChI is InChI=1S/C13H15N3/c14-13(7-4-8-13)11-9-15-16(10-11)12-5-2-1-3-6-12/h1-3,5-6,9-10H,4,7-8,14H2. The molecule has 1 fully saturated rings. The lowest BCUT2D eigenvalue weighted by molar-refractivity contribution is 0.253. The van der Waals surface area contributed by atoms with E-state index in [-0.39, 0.29) is 5.54 Å². The Bertz CT molecular complexity index is 483. The summed E-state index contributed by atoms with van der Waals surface area (Å²) >= 11 is 0. The molecule has 0 atom stereocenters. The van der Waals surface area contributed by atoms with Gasteiger partial charge in [-0.2, -0.15) is 5.10 Å². The summed E-state index contributed by atoms with van der Waals surface area (Å²) in [4.78, 5) is 0. The number of rotatable bonds is 2. The molecule has 3 rings (SSSR count). The molecule has 0 bridgehead atoms. The van der Waals surface area contributed by atoms with Crippen LogP contribution in [0.15, 0.2) is 42.7 Å². The molecule has 3 heteroatoms. The quantitative estimate of drug-likeness (QED) is 0.831. The molecule has 1 aromatic carbocycles. The summed E-state index contributed by atoms with van der Waals surface area (Å²) in [6.45, 7) is 0. The third-order valence-corrected chi connectivity index (χ3v) is 3.42. The molecule has 2 N–H and O–H groups in total. The summed E-state index contributed by atoms with van der Waals surface area (Å²) in [5.41, 5.74) is 8.38. The van der Waals surface area contributed by atoms with Crippen molar-refractivity contribution in [2.24, 2.45) is 5.73 Å². The molecular weight excluding hydrogens is 198 g/mol. The zero-order chi connectivity index (χ0) is 11.0. The van der Waals surface area contributed by atoms with Gasteiger partial charge in [0.15, 0.2) is 0 Å². The highest BCUT2D eigenvalue weighted by Gasteiger charge is 2.35. The van der Waals surface area contributed by atoms with E-state index in [1.54, 1.807) is 0 Å². The Kier molecular flexibility index (Phi) is 2.07. The van der Waals surface area contributed by atoms with E-state index < -0.39 is 0 Å². The predicted molar refractivity (Wildman–Crippen MR) is 63.3 cm³/mol. The van der Waals surface area contributed by atoms with Crippen LogP contribution >= 0.6 is 0 Å². The molecule has 0 unspecified atom stereocenters. The summed E-state index contributed by atoms with van der Waals surface area (Å²) < 4.78 is 1.89. The van der Waals surface area contributed by atoms with Crippen LogP contribution in [0.2, 0.25) is 0 Å². The van der Waals surface area contributed by atoms with Crippen LogP contribution in [0.1, 0.15) is 24.8 Å². The fraction of sp³-hybridized carbons (Fsp3) is 0.308. The third-order valence-electron chi connectivity index (χ3n) is 3.42. The number of hydrogen-bond acceptors (Lipinski definition) is 2. The van der Waals surface area contributed by atoms with Gasteiger partial charge in [0.05, 0.1) is 11.9 Å². The van der Waals surface area contributed by atoms with E-state index in [4.69, 9.17) is 5.73 Å². The van der Waals surface area contributed by atoms with Crippen LogP contribution in [-0.4, -0.2) is 9.78 Å². The van der Waals surface area contributed by atoms with Gasteiger partial charge < -0.3 is 5.73 Å². The highest BCUT2D eigenvalue weighted by atomic mass is 15.3. The SMILES string of the molecule is NC1(c2cnn(-c3ccccc3)c2)CCC1. The van der Waals surface area contributed by atoms with Gasteiger partial charge in [0.2, 0.25) is 0 Å². The zero-order valence-corrected chi connectivity index (χ0v) is 9.13. The molecule has 0 saturated heterocycles. The molecule has 0 aliphatic heterocycles.